The second-order valence-corrected chi connectivity index (χ2v) is 16.5. The Kier molecular flexibility index (Phi) is 11.2. The smallest absolute Gasteiger partial charge is 0.202 e. The first-order valence-electron chi connectivity index (χ1n) is 22.1. The number of benzene rings is 10. The van der Waals surface area contributed by atoms with E-state index in [1.807, 2.05) is 48.6 Å². The second-order valence-electron chi connectivity index (χ2n) is 16.5. The molecule has 0 aromatic heterocycles. The Labute approximate surface area is 386 Å². The molecule has 10 aromatic carbocycles. The minimum absolute atomic E-state index is 0.522. The number of anilines is 6. The van der Waals surface area contributed by atoms with E-state index in [-0.39, 0.29) is 0 Å². The van der Waals surface area contributed by atoms with Crippen LogP contribution in [0.15, 0.2) is 206 Å². The van der Waals surface area contributed by atoms with Crippen molar-refractivity contribution in [2.45, 2.75) is 13.8 Å². The molecule has 0 unspecified atom stereocenters. The van der Waals surface area contributed by atoms with Gasteiger partial charge in [0.25, 0.3) is 0 Å². The molecule has 0 saturated heterocycles. The van der Waals surface area contributed by atoms with Gasteiger partial charge >= 0.3 is 0 Å². The number of rotatable bonds is 10. The maximum atomic E-state index is 10.5. The van der Waals surface area contributed by atoms with Gasteiger partial charge in [0.1, 0.15) is 6.07 Å². The molecule has 0 heterocycles. The molecule has 0 bridgehead atoms. The predicted molar refractivity (Wildman–Crippen MR) is 280 cm³/mol. The zero-order valence-electron chi connectivity index (χ0n) is 36.7. The molecular formula is C62H44N4. The molecule has 0 aliphatic carbocycles. The predicted octanol–water partition coefficient (Wildman–Crippen LogP) is 17.5. The first-order valence-corrected chi connectivity index (χ1v) is 22.1. The van der Waals surface area contributed by atoms with Gasteiger partial charge in [-0.1, -0.05) is 181 Å². The number of nitrogens with zero attached hydrogens (tertiary/aromatic N) is 4. The fourth-order valence-corrected chi connectivity index (χ4v) is 8.84. The zero-order valence-corrected chi connectivity index (χ0v) is 36.7. The summed E-state index contributed by atoms with van der Waals surface area (Å²) >= 11 is 0. The van der Waals surface area contributed by atoms with Gasteiger partial charge in [-0.25, -0.2) is 4.85 Å². The minimum Gasteiger partial charge on any atom is -0.310 e. The molecule has 0 fully saturated rings. The molecule has 0 spiro atoms. The third-order valence-electron chi connectivity index (χ3n) is 12.3. The van der Waals surface area contributed by atoms with Gasteiger partial charge in [-0.15, -0.1) is 0 Å². The van der Waals surface area contributed by atoms with Gasteiger partial charge in [0.15, 0.2) is 0 Å². The van der Waals surface area contributed by atoms with Gasteiger partial charge in [0.05, 0.1) is 23.5 Å². The van der Waals surface area contributed by atoms with Crippen molar-refractivity contribution < 1.29 is 0 Å². The highest BCUT2D eigenvalue weighted by atomic mass is 15.1. The minimum atomic E-state index is 0.522. The van der Waals surface area contributed by atoms with Crippen molar-refractivity contribution in [2.75, 3.05) is 9.80 Å². The van der Waals surface area contributed by atoms with Crippen LogP contribution in [-0.4, -0.2) is 0 Å². The van der Waals surface area contributed by atoms with Crippen LogP contribution in [0.2, 0.25) is 0 Å². The lowest BCUT2D eigenvalue weighted by Gasteiger charge is -2.27. The van der Waals surface area contributed by atoms with E-state index >= 15 is 0 Å². The summed E-state index contributed by atoms with van der Waals surface area (Å²) in [6.45, 7) is 12.4. The highest BCUT2D eigenvalue weighted by Crippen LogP contribution is 2.41. The average molecular weight is 845 g/mol. The van der Waals surface area contributed by atoms with Crippen LogP contribution in [0.1, 0.15) is 38.9 Å². The maximum Gasteiger partial charge on any atom is 0.202 e. The molecule has 4 nitrogen and oxygen atoms in total. The van der Waals surface area contributed by atoms with Gasteiger partial charge in [-0.3, -0.25) is 0 Å². The van der Waals surface area contributed by atoms with Crippen molar-refractivity contribution in [1.82, 2.24) is 0 Å². The molecule has 66 heavy (non-hydrogen) atoms. The van der Waals surface area contributed by atoms with Crippen LogP contribution in [0.4, 0.5) is 39.8 Å². The van der Waals surface area contributed by atoms with Crippen LogP contribution in [0, 0.1) is 31.8 Å². The fraction of sp³-hybridized carbons (Fsp3) is 0.0323. The Morgan fingerprint density at radius 2 is 0.818 bits per heavy atom. The van der Waals surface area contributed by atoms with E-state index in [0.717, 1.165) is 67.2 Å². The lowest BCUT2D eigenvalue weighted by molar-refractivity contribution is 1.29. The van der Waals surface area contributed by atoms with Crippen LogP contribution in [0.25, 0.3) is 61.5 Å². The summed E-state index contributed by atoms with van der Waals surface area (Å²) in [5.41, 5.74) is 13.6. The molecular weight excluding hydrogens is 801 g/mol. The van der Waals surface area contributed by atoms with Crippen molar-refractivity contribution in [3.63, 3.8) is 0 Å². The molecule has 0 N–H and O–H groups in total. The highest BCUT2D eigenvalue weighted by molar-refractivity contribution is 6.04. The van der Waals surface area contributed by atoms with Crippen LogP contribution in [0.5, 0.6) is 0 Å². The van der Waals surface area contributed by atoms with E-state index in [2.05, 4.69) is 217 Å². The van der Waals surface area contributed by atoms with Crippen LogP contribution < -0.4 is 9.80 Å². The van der Waals surface area contributed by atoms with E-state index in [1.165, 1.54) is 32.7 Å². The molecule has 10 aromatic rings. The summed E-state index contributed by atoms with van der Waals surface area (Å²) in [6, 6.07) is 74.4. The van der Waals surface area contributed by atoms with E-state index in [1.54, 1.807) is 0 Å². The average Bonchev–Trinajstić information content (AvgIpc) is 3.37. The number of fused-ring (bicyclic) bond motifs is 3. The summed E-state index contributed by atoms with van der Waals surface area (Å²) in [5, 5.41) is 16.7. The Morgan fingerprint density at radius 1 is 0.409 bits per heavy atom. The van der Waals surface area contributed by atoms with Crippen molar-refractivity contribution >= 4 is 96.4 Å². The van der Waals surface area contributed by atoms with Crippen molar-refractivity contribution in [2.24, 2.45) is 0 Å². The molecule has 10 rings (SSSR count). The largest absolute Gasteiger partial charge is 0.310 e. The summed E-state index contributed by atoms with van der Waals surface area (Å²) in [4.78, 5) is 8.60. The zero-order chi connectivity index (χ0) is 45.0. The third kappa shape index (κ3) is 8.08. The topological polar surface area (TPSA) is 34.6 Å². The van der Waals surface area contributed by atoms with Gasteiger partial charge in [0.2, 0.25) is 5.69 Å². The Bertz CT molecular complexity index is 3300. The Balaban J connectivity index is 0.914. The maximum absolute atomic E-state index is 10.5. The van der Waals surface area contributed by atoms with Gasteiger partial charge < -0.3 is 9.80 Å². The van der Waals surface area contributed by atoms with Gasteiger partial charge in [-0.05, 0) is 118 Å². The molecule has 0 saturated carbocycles. The fourth-order valence-electron chi connectivity index (χ4n) is 8.84. The lowest BCUT2D eigenvalue weighted by atomic mass is 9.95. The number of nitriles is 1. The molecule has 0 amide bonds. The van der Waals surface area contributed by atoms with Crippen LogP contribution >= 0.6 is 0 Å². The molecule has 0 aliphatic rings. The van der Waals surface area contributed by atoms with Crippen molar-refractivity contribution in [3.8, 4) is 6.07 Å². The summed E-state index contributed by atoms with van der Waals surface area (Å²) < 4.78 is 0. The first kappa shape index (κ1) is 41.1. The van der Waals surface area contributed by atoms with Crippen molar-refractivity contribution in [3.05, 3.63) is 257 Å². The molecule has 0 atom stereocenters. The first-order chi connectivity index (χ1) is 32.4. The SMILES string of the molecule is [C-]#[N+]c1c(C=Cc2ccc(N(c3ccc(C)cc3)c3cccc4ccccc34)cc2)ccc2c(C#N)c(C=Cc3ccc(N(c4ccc(C)cc4)c4cccc5ccccc45)cc3)ccc12. The molecule has 0 radical (unpaired) electrons. The monoisotopic (exact) mass is 844 g/mol. The van der Waals surface area contributed by atoms with E-state index in [9.17, 15) is 5.26 Å². The number of aryl methyl sites for hydroxylation is 2. The number of hydrogen-bond donors (Lipinski definition) is 0. The summed E-state index contributed by atoms with van der Waals surface area (Å²) in [7, 11) is 0. The van der Waals surface area contributed by atoms with Crippen LogP contribution in [-0.2, 0) is 0 Å². The quantitative estimate of drug-likeness (QED) is 0.102. The van der Waals surface area contributed by atoms with E-state index in [4.69, 9.17) is 6.57 Å². The van der Waals surface area contributed by atoms with Gasteiger partial charge in [0, 0.05) is 33.5 Å². The lowest BCUT2D eigenvalue weighted by Crippen LogP contribution is -2.10. The normalized spacial score (nSPS) is 11.3. The highest BCUT2D eigenvalue weighted by Gasteiger charge is 2.17. The van der Waals surface area contributed by atoms with E-state index in [0.29, 0.717) is 11.3 Å². The molecule has 312 valence electrons. The van der Waals surface area contributed by atoms with Gasteiger partial charge in [-0.2, -0.15) is 5.26 Å². The number of hydrogen-bond acceptors (Lipinski definition) is 3. The molecule has 0 aliphatic heterocycles. The van der Waals surface area contributed by atoms with Crippen LogP contribution in [0.3, 0.4) is 0 Å². The summed E-state index contributed by atoms with van der Waals surface area (Å²) in [5.74, 6) is 0. The Morgan fingerprint density at radius 3 is 1.29 bits per heavy atom. The standard InChI is InChI=1S/C62H44N4/c1-43-18-32-51(33-19-43)65(60-16-8-12-47-10-4-6-14-55(47)60)53-36-24-45(25-37-53)22-28-49-30-41-58-57(59(49)42-63)40-31-50(62(58)64-3)29-23-46-26-38-54(39-27-46)66(52-34-20-44(2)21-35-52)61-17-9-13-48-11-5-7-15-56(48)61/h4-41H,1-2H3. The second kappa shape index (κ2) is 18.0. The van der Waals surface area contributed by atoms with E-state index < -0.39 is 0 Å². The molecule has 4 heteroatoms. The Hall–Kier alpha value is -8.96. The summed E-state index contributed by atoms with van der Waals surface area (Å²) in [6.07, 6.45) is 8.07. The third-order valence-corrected chi connectivity index (χ3v) is 12.3. The van der Waals surface area contributed by atoms with Crippen molar-refractivity contribution in [1.29, 1.82) is 5.26 Å².